The molecule has 1 aliphatic heterocycles. The summed E-state index contributed by atoms with van der Waals surface area (Å²) in [6, 6.07) is 0. The molecule has 0 aromatic carbocycles. The first kappa shape index (κ1) is 16.0. The second-order valence-electron chi connectivity index (χ2n) is 5.84. The molecule has 1 saturated heterocycles. The van der Waals surface area contributed by atoms with Gasteiger partial charge in [0.1, 0.15) is 6.54 Å². The zero-order valence-corrected chi connectivity index (χ0v) is 12.2. The number of carbonyl (C=O) groups is 2. The molecule has 0 aliphatic carbocycles. The average molecular weight is 270 g/mol. The molecule has 5 nitrogen and oxygen atoms in total. The van der Waals surface area contributed by atoms with Crippen LogP contribution in [0.2, 0.25) is 0 Å². The van der Waals surface area contributed by atoms with Crippen LogP contribution in [0.25, 0.3) is 0 Å². The lowest BCUT2D eigenvalue weighted by Gasteiger charge is -2.34. The molecule has 1 unspecified atom stereocenters. The Morgan fingerprint density at radius 3 is 2.53 bits per heavy atom. The van der Waals surface area contributed by atoms with Crippen LogP contribution in [-0.2, 0) is 9.59 Å². The van der Waals surface area contributed by atoms with Crippen molar-refractivity contribution in [3.05, 3.63) is 0 Å². The van der Waals surface area contributed by atoms with Crippen molar-refractivity contribution in [1.82, 2.24) is 10.2 Å². The molecule has 110 valence electrons. The minimum absolute atomic E-state index is 0.0389. The maximum atomic E-state index is 12.7. The fraction of sp³-hybridized carbons (Fsp3) is 0.857. The summed E-state index contributed by atoms with van der Waals surface area (Å²) < 4.78 is 0. The average Bonchev–Trinajstić information content (AvgIpc) is 2.76. The van der Waals surface area contributed by atoms with Gasteiger partial charge in [0.05, 0.1) is 5.54 Å². The minimum atomic E-state index is -0.946. The Bertz CT molecular complexity index is 323. The first-order chi connectivity index (χ1) is 8.91. The molecule has 0 radical (unpaired) electrons. The number of carbonyl (C=O) groups excluding carboxylic acids is 1. The fourth-order valence-corrected chi connectivity index (χ4v) is 2.86. The van der Waals surface area contributed by atoms with Gasteiger partial charge in [0.25, 0.3) is 0 Å². The predicted molar refractivity (Wildman–Crippen MR) is 73.9 cm³/mol. The van der Waals surface area contributed by atoms with Gasteiger partial charge in [0, 0.05) is 6.54 Å². The number of hydrogen-bond donors (Lipinski definition) is 2. The highest BCUT2D eigenvalue weighted by atomic mass is 16.4. The van der Waals surface area contributed by atoms with E-state index in [0.29, 0.717) is 6.54 Å². The van der Waals surface area contributed by atoms with E-state index in [1.165, 1.54) is 4.90 Å². The van der Waals surface area contributed by atoms with E-state index >= 15 is 0 Å². The molecular formula is C14H26N2O3. The van der Waals surface area contributed by atoms with Gasteiger partial charge in [-0.3, -0.25) is 9.59 Å². The summed E-state index contributed by atoms with van der Waals surface area (Å²) in [7, 11) is 0. The summed E-state index contributed by atoms with van der Waals surface area (Å²) >= 11 is 0. The van der Waals surface area contributed by atoms with Crippen LogP contribution >= 0.6 is 0 Å². The lowest BCUT2D eigenvalue weighted by atomic mass is 9.90. The Labute approximate surface area is 115 Å². The molecule has 2 N–H and O–H groups in total. The van der Waals surface area contributed by atoms with Crippen molar-refractivity contribution >= 4 is 11.9 Å². The number of nitrogens with one attached hydrogen (secondary N) is 1. The largest absolute Gasteiger partial charge is 0.480 e. The summed E-state index contributed by atoms with van der Waals surface area (Å²) in [6.45, 7) is 7.18. The molecule has 1 aliphatic rings. The van der Waals surface area contributed by atoms with E-state index in [9.17, 15) is 9.59 Å². The van der Waals surface area contributed by atoms with Gasteiger partial charge >= 0.3 is 5.97 Å². The van der Waals surface area contributed by atoms with Gasteiger partial charge in [-0.25, -0.2) is 0 Å². The first-order valence-electron chi connectivity index (χ1n) is 7.17. The zero-order chi connectivity index (χ0) is 14.5. The molecule has 1 heterocycles. The third kappa shape index (κ3) is 4.20. The van der Waals surface area contributed by atoms with E-state index in [-0.39, 0.29) is 18.4 Å². The van der Waals surface area contributed by atoms with Gasteiger partial charge in [-0.15, -0.1) is 0 Å². The van der Waals surface area contributed by atoms with Crippen LogP contribution in [0.15, 0.2) is 0 Å². The monoisotopic (exact) mass is 270 g/mol. The molecule has 19 heavy (non-hydrogen) atoms. The molecular weight excluding hydrogens is 244 g/mol. The van der Waals surface area contributed by atoms with Crippen LogP contribution in [0.3, 0.4) is 0 Å². The molecule has 0 bridgehead atoms. The Kier molecular flexibility index (Phi) is 5.79. The van der Waals surface area contributed by atoms with E-state index in [2.05, 4.69) is 12.2 Å². The van der Waals surface area contributed by atoms with Crippen molar-refractivity contribution in [3.8, 4) is 0 Å². The second kappa shape index (κ2) is 6.89. The number of rotatable bonds is 7. The maximum Gasteiger partial charge on any atom is 0.323 e. The molecule has 0 saturated carbocycles. The summed E-state index contributed by atoms with van der Waals surface area (Å²) in [5, 5.41) is 12.3. The third-order valence-corrected chi connectivity index (χ3v) is 3.53. The topological polar surface area (TPSA) is 69.6 Å². The SMILES string of the molecule is CCCC1(C(=O)N(CC(=O)O)CC(C)C)CCCN1. The van der Waals surface area contributed by atoms with E-state index in [1.807, 2.05) is 13.8 Å². The van der Waals surface area contributed by atoms with Crippen LogP contribution in [0.4, 0.5) is 0 Å². The highest BCUT2D eigenvalue weighted by molar-refractivity contribution is 5.89. The summed E-state index contributed by atoms with van der Waals surface area (Å²) in [5.41, 5.74) is -0.529. The lowest BCUT2D eigenvalue weighted by Crippen LogP contribution is -2.56. The van der Waals surface area contributed by atoms with Gasteiger partial charge < -0.3 is 15.3 Å². The number of hydrogen-bond acceptors (Lipinski definition) is 3. The minimum Gasteiger partial charge on any atom is -0.480 e. The Morgan fingerprint density at radius 1 is 1.42 bits per heavy atom. The lowest BCUT2D eigenvalue weighted by molar-refractivity contribution is -0.148. The zero-order valence-electron chi connectivity index (χ0n) is 12.2. The van der Waals surface area contributed by atoms with Crippen molar-refractivity contribution < 1.29 is 14.7 Å². The molecule has 1 amide bonds. The smallest absolute Gasteiger partial charge is 0.323 e. The standard InChI is InChI=1S/C14H26N2O3/c1-4-6-14(7-5-8-15-14)13(19)16(9-11(2)3)10-12(17)18/h11,15H,4-10H2,1-3H3,(H,17,18). The van der Waals surface area contributed by atoms with Gasteiger partial charge in [-0.05, 0) is 31.7 Å². The number of carboxylic acids is 1. The molecule has 0 spiro atoms. The fourth-order valence-electron chi connectivity index (χ4n) is 2.86. The van der Waals surface area contributed by atoms with E-state index in [4.69, 9.17) is 5.11 Å². The number of nitrogens with zero attached hydrogens (tertiary/aromatic N) is 1. The summed E-state index contributed by atoms with van der Waals surface area (Å²) in [6.07, 6.45) is 3.49. The quantitative estimate of drug-likeness (QED) is 0.735. The molecule has 5 heteroatoms. The second-order valence-corrected chi connectivity index (χ2v) is 5.84. The number of amides is 1. The highest BCUT2D eigenvalue weighted by Gasteiger charge is 2.42. The van der Waals surface area contributed by atoms with Crippen LogP contribution < -0.4 is 5.32 Å². The molecule has 1 atom stereocenters. The molecule has 0 aromatic rings. The number of aliphatic carboxylic acids is 1. The van der Waals surface area contributed by atoms with E-state index in [0.717, 1.165) is 32.2 Å². The van der Waals surface area contributed by atoms with Gasteiger partial charge in [-0.1, -0.05) is 27.2 Å². The molecule has 1 rings (SSSR count). The van der Waals surface area contributed by atoms with Crippen molar-refractivity contribution in [2.45, 2.75) is 52.0 Å². The summed E-state index contributed by atoms with van der Waals surface area (Å²) in [4.78, 5) is 25.2. The predicted octanol–water partition coefficient (Wildman–Crippen LogP) is 1.48. The number of carboxylic acid groups (broad SMARTS) is 1. The normalized spacial score (nSPS) is 22.7. The molecule has 1 fully saturated rings. The van der Waals surface area contributed by atoms with Crippen molar-refractivity contribution in [2.24, 2.45) is 5.92 Å². The van der Waals surface area contributed by atoms with Gasteiger partial charge in [0.2, 0.25) is 5.91 Å². The highest BCUT2D eigenvalue weighted by Crippen LogP contribution is 2.27. The van der Waals surface area contributed by atoms with E-state index in [1.54, 1.807) is 0 Å². The van der Waals surface area contributed by atoms with E-state index < -0.39 is 11.5 Å². The Morgan fingerprint density at radius 2 is 2.11 bits per heavy atom. The van der Waals surface area contributed by atoms with Gasteiger partial charge in [0.15, 0.2) is 0 Å². The van der Waals surface area contributed by atoms with Crippen LogP contribution in [-0.4, -0.2) is 47.1 Å². The molecule has 0 aromatic heterocycles. The maximum absolute atomic E-state index is 12.7. The summed E-state index contributed by atoms with van der Waals surface area (Å²) in [5.74, 6) is -0.718. The van der Waals surface area contributed by atoms with Crippen molar-refractivity contribution in [2.75, 3.05) is 19.6 Å². The third-order valence-electron chi connectivity index (χ3n) is 3.53. The van der Waals surface area contributed by atoms with Crippen LogP contribution in [0, 0.1) is 5.92 Å². The van der Waals surface area contributed by atoms with Crippen molar-refractivity contribution in [1.29, 1.82) is 0 Å². The van der Waals surface area contributed by atoms with Crippen molar-refractivity contribution in [3.63, 3.8) is 0 Å². The van der Waals surface area contributed by atoms with Crippen LogP contribution in [0.5, 0.6) is 0 Å². The first-order valence-corrected chi connectivity index (χ1v) is 7.17. The van der Waals surface area contributed by atoms with Crippen LogP contribution in [0.1, 0.15) is 46.5 Å². The Hall–Kier alpha value is -1.10. The van der Waals surface area contributed by atoms with Gasteiger partial charge in [-0.2, -0.15) is 0 Å². The Balaban J connectivity index is 2.85.